The fraction of sp³-hybridized carbons (Fsp3) is 0.143. The third kappa shape index (κ3) is 2.04. The number of hydrogen-bond acceptors (Lipinski definition) is 1. The molecular formula is C7H6BCl2N. The van der Waals surface area contributed by atoms with Gasteiger partial charge >= 0.3 is 75.9 Å². The fourth-order valence-electron chi connectivity index (χ4n) is 0.739. The Kier molecular flexibility index (Phi) is 3.09. The molecule has 1 aromatic heterocycles. The number of hydrogen-bond donors (Lipinski definition) is 0. The Balaban J connectivity index is 3.05. The molecule has 0 aliphatic carbocycles. The molecule has 11 heavy (non-hydrogen) atoms. The van der Waals surface area contributed by atoms with Crippen molar-refractivity contribution in [1.29, 1.82) is 0 Å². The van der Waals surface area contributed by atoms with Crippen LogP contribution in [0.3, 0.4) is 0 Å². The van der Waals surface area contributed by atoms with Crippen molar-refractivity contribution in [3.63, 3.8) is 0 Å². The van der Waals surface area contributed by atoms with Gasteiger partial charge in [0.2, 0.25) is 0 Å². The standard InChI is InChI=1S/C7H6BCl2N/c1-2-3-6-7(10)5(9)4-8-11-6/h2,4H,1,3H2. The molecule has 0 bridgehead atoms. The first-order valence-corrected chi connectivity index (χ1v) is 3.91. The summed E-state index contributed by atoms with van der Waals surface area (Å²) in [6, 6.07) is 0. The second-order valence-electron chi connectivity index (χ2n) is 2.05. The Morgan fingerprint density at radius 2 is 2.36 bits per heavy atom. The van der Waals surface area contributed by atoms with Crippen LogP contribution < -0.4 is 0 Å². The predicted molar refractivity (Wildman–Crippen MR) is 49.5 cm³/mol. The van der Waals surface area contributed by atoms with E-state index in [0.29, 0.717) is 16.5 Å². The monoisotopic (exact) mass is 185 g/mol. The molecule has 4 heteroatoms. The maximum absolute atomic E-state index is 5.83. The van der Waals surface area contributed by atoms with E-state index in [9.17, 15) is 0 Å². The second kappa shape index (κ2) is 3.89. The SMILES string of the molecule is C=CCc1nbcc(Cl)c1Cl. The third-order valence-corrected chi connectivity index (χ3v) is 2.09. The second-order valence-corrected chi connectivity index (χ2v) is 2.83. The van der Waals surface area contributed by atoms with Crippen molar-refractivity contribution in [2.24, 2.45) is 0 Å². The zero-order chi connectivity index (χ0) is 8.27. The molecule has 0 aliphatic heterocycles. The van der Waals surface area contributed by atoms with Crippen LogP contribution in [0, 0.1) is 0 Å². The minimum absolute atomic E-state index is 0.522. The molecule has 0 spiro atoms. The molecule has 1 aromatic rings. The van der Waals surface area contributed by atoms with Gasteiger partial charge in [0.05, 0.1) is 0 Å². The van der Waals surface area contributed by atoms with Crippen LogP contribution in [0.4, 0.5) is 0 Å². The van der Waals surface area contributed by atoms with Gasteiger partial charge in [-0.15, -0.1) is 0 Å². The number of rotatable bonds is 2. The molecule has 0 atom stereocenters. The zero-order valence-electron chi connectivity index (χ0n) is 5.85. The molecule has 1 nitrogen and oxygen atoms in total. The molecule has 0 aromatic carbocycles. The van der Waals surface area contributed by atoms with E-state index in [-0.39, 0.29) is 0 Å². The number of halogens is 2. The average molecular weight is 186 g/mol. The van der Waals surface area contributed by atoms with Gasteiger partial charge in [-0.05, 0) is 0 Å². The molecule has 0 aliphatic rings. The van der Waals surface area contributed by atoms with E-state index in [4.69, 9.17) is 23.2 Å². The van der Waals surface area contributed by atoms with Gasteiger partial charge in [0.1, 0.15) is 0 Å². The van der Waals surface area contributed by atoms with Crippen LogP contribution >= 0.6 is 23.2 Å². The van der Waals surface area contributed by atoms with E-state index >= 15 is 0 Å². The van der Waals surface area contributed by atoms with Gasteiger partial charge in [0, 0.05) is 0 Å². The van der Waals surface area contributed by atoms with E-state index < -0.39 is 0 Å². The molecule has 56 valence electrons. The Hall–Kier alpha value is -0.335. The molecule has 1 rings (SSSR count). The fourth-order valence-corrected chi connectivity index (χ4v) is 1.09. The first-order chi connectivity index (χ1) is 5.25. The molecule has 0 N–H and O–H groups in total. The van der Waals surface area contributed by atoms with Crippen molar-refractivity contribution in [2.75, 3.05) is 0 Å². The summed E-state index contributed by atoms with van der Waals surface area (Å²) in [6.45, 7) is 3.59. The summed E-state index contributed by atoms with van der Waals surface area (Å²) in [5.74, 6) is 1.66. The average Bonchev–Trinajstić information content (AvgIpc) is 1.99. The van der Waals surface area contributed by atoms with E-state index in [0.717, 1.165) is 5.69 Å². The molecule has 0 radical (unpaired) electrons. The summed E-state index contributed by atoms with van der Waals surface area (Å²) in [5.41, 5.74) is 0.772. The van der Waals surface area contributed by atoms with Crippen molar-refractivity contribution in [3.05, 3.63) is 34.4 Å². The topological polar surface area (TPSA) is 12.9 Å². The Morgan fingerprint density at radius 1 is 1.64 bits per heavy atom. The quantitative estimate of drug-likeness (QED) is 0.646. The van der Waals surface area contributed by atoms with Crippen molar-refractivity contribution in [3.8, 4) is 0 Å². The first-order valence-electron chi connectivity index (χ1n) is 3.15. The normalized spacial score (nSPS) is 9.27. The van der Waals surface area contributed by atoms with Gasteiger partial charge in [-0.3, -0.25) is 0 Å². The Morgan fingerprint density at radius 3 is 3.00 bits per heavy atom. The first kappa shape index (κ1) is 8.76. The van der Waals surface area contributed by atoms with Crippen LogP contribution in [-0.4, -0.2) is 11.9 Å². The Labute approximate surface area is 76.3 Å². The number of allylic oxidation sites excluding steroid dienone is 1. The number of aromatic nitrogens is 1. The number of nitrogens with zero attached hydrogens (tertiary/aromatic N) is 1. The third-order valence-electron chi connectivity index (χ3n) is 1.25. The summed E-state index contributed by atoms with van der Waals surface area (Å²) in [7, 11) is 1.63. The summed E-state index contributed by atoms with van der Waals surface area (Å²) < 4.78 is 0. The molecule has 0 unspecified atom stereocenters. The molecule has 0 saturated heterocycles. The molecular weight excluding hydrogens is 180 g/mol. The van der Waals surface area contributed by atoms with Crippen molar-refractivity contribution < 1.29 is 0 Å². The molecule has 0 amide bonds. The minimum atomic E-state index is 0.522. The van der Waals surface area contributed by atoms with Crippen molar-refractivity contribution in [2.45, 2.75) is 6.42 Å². The van der Waals surface area contributed by atoms with Gasteiger partial charge in [0.15, 0.2) is 0 Å². The van der Waals surface area contributed by atoms with E-state index in [2.05, 4.69) is 11.5 Å². The van der Waals surface area contributed by atoms with Crippen LogP contribution in [0.2, 0.25) is 10.0 Å². The Bertz CT molecular complexity index is 275. The predicted octanol–water partition coefficient (Wildman–Crippen LogP) is 2.46. The molecule has 0 fully saturated rings. The van der Waals surface area contributed by atoms with Crippen molar-refractivity contribution in [1.82, 2.24) is 4.89 Å². The van der Waals surface area contributed by atoms with Crippen molar-refractivity contribution >= 4 is 30.3 Å². The summed E-state index contributed by atoms with van der Waals surface area (Å²) in [4.78, 5) is 4.04. The molecule has 0 saturated carbocycles. The molecule has 1 heterocycles. The van der Waals surface area contributed by atoms with Crippen LogP contribution in [0.25, 0.3) is 0 Å². The maximum atomic E-state index is 5.83. The van der Waals surface area contributed by atoms with Crippen LogP contribution in [0.1, 0.15) is 5.69 Å². The van der Waals surface area contributed by atoms with E-state index in [1.807, 2.05) is 0 Å². The summed E-state index contributed by atoms with van der Waals surface area (Å²) >= 11 is 11.6. The van der Waals surface area contributed by atoms with Gasteiger partial charge in [-0.25, -0.2) is 0 Å². The van der Waals surface area contributed by atoms with E-state index in [1.165, 1.54) is 0 Å². The van der Waals surface area contributed by atoms with Crippen LogP contribution in [-0.2, 0) is 6.42 Å². The van der Waals surface area contributed by atoms with E-state index in [1.54, 1.807) is 19.1 Å². The van der Waals surface area contributed by atoms with Gasteiger partial charge < -0.3 is 0 Å². The van der Waals surface area contributed by atoms with Gasteiger partial charge in [-0.2, -0.15) is 0 Å². The van der Waals surface area contributed by atoms with Crippen LogP contribution in [0.5, 0.6) is 0 Å². The summed E-state index contributed by atoms with van der Waals surface area (Å²) in [6.07, 6.45) is 2.39. The summed E-state index contributed by atoms with van der Waals surface area (Å²) in [5, 5.41) is 1.06. The van der Waals surface area contributed by atoms with Gasteiger partial charge in [-0.1, -0.05) is 0 Å². The van der Waals surface area contributed by atoms with Gasteiger partial charge in [0.25, 0.3) is 0 Å². The van der Waals surface area contributed by atoms with Crippen LogP contribution in [0.15, 0.2) is 18.6 Å². The zero-order valence-corrected chi connectivity index (χ0v) is 7.36.